The number of aromatic nitrogens is 5. The maximum Gasteiger partial charge on any atom is 0.300 e. The summed E-state index contributed by atoms with van der Waals surface area (Å²) in [7, 11) is 1.96. The van der Waals surface area contributed by atoms with Gasteiger partial charge in [-0.3, -0.25) is 9.89 Å². The highest BCUT2D eigenvalue weighted by Gasteiger charge is 2.23. The molecular formula is C22H19N7OS. The molecule has 0 bridgehead atoms. The number of benzene rings is 2. The normalized spacial score (nSPS) is 11.8. The van der Waals surface area contributed by atoms with Gasteiger partial charge in [0.15, 0.2) is 11.3 Å². The molecule has 0 saturated heterocycles. The van der Waals surface area contributed by atoms with E-state index in [1.807, 2.05) is 72.5 Å². The predicted molar refractivity (Wildman–Crippen MR) is 123 cm³/mol. The Hall–Kier alpha value is -3.72. The first-order chi connectivity index (χ1) is 15.1. The van der Waals surface area contributed by atoms with Crippen LogP contribution in [0, 0.1) is 6.92 Å². The monoisotopic (exact) mass is 429 g/mol. The lowest BCUT2D eigenvalue weighted by atomic mass is 10.3. The molecule has 0 saturated carbocycles. The van der Waals surface area contributed by atoms with Gasteiger partial charge in [0.2, 0.25) is 0 Å². The standard InChI is InChI=1S/C22H19N7OS/c1-13-18(26-25-14-9-5-4-6-10-14)22(30)29-20(23-13)17(21(27-29)31-3)19-24-15-11-7-8-12-16(15)28(19)2/h4-12,27H,1-3H3. The molecule has 8 nitrogen and oxygen atoms in total. The fourth-order valence-corrected chi connectivity index (χ4v) is 4.15. The Labute approximate surface area is 181 Å². The fraction of sp³-hybridized carbons (Fsp3) is 0.136. The van der Waals surface area contributed by atoms with Gasteiger partial charge < -0.3 is 4.57 Å². The molecule has 0 aliphatic heterocycles. The van der Waals surface area contributed by atoms with E-state index in [2.05, 4.69) is 15.3 Å². The van der Waals surface area contributed by atoms with Crippen molar-refractivity contribution in [3.63, 3.8) is 0 Å². The summed E-state index contributed by atoms with van der Waals surface area (Å²) in [6.45, 7) is 1.77. The summed E-state index contributed by atoms with van der Waals surface area (Å²) in [5.74, 6) is 0.745. The number of fused-ring (bicyclic) bond motifs is 2. The van der Waals surface area contributed by atoms with Crippen LogP contribution in [0.15, 0.2) is 74.6 Å². The number of H-pyrrole nitrogens is 1. The highest BCUT2D eigenvalue weighted by molar-refractivity contribution is 7.98. The molecule has 0 radical (unpaired) electrons. The van der Waals surface area contributed by atoms with Gasteiger partial charge >= 0.3 is 5.56 Å². The summed E-state index contributed by atoms with van der Waals surface area (Å²) in [5.41, 5.74) is 4.28. The van der Waals surface area contributed by atoms with Gasteiger partial charge in [-0.1, -0.05) is 30.3 Å². The average molecular weight is 430 g/mol. The smallest absolute Gasteiger partial charge is 0.300 e. The topological polar surface area (TPSA) is 92.7 Å². The lowest BCUT2D eigenvalue weighted by Gasteiger charge is -2.04. The molecule has 1 N–H and O–H groups in total. The molecule has 5 aromatic rings. The predicted octanol–water partition coefficient (Wildman–Crippen LogP) is 5.02. The zero-order chi connectivity index (χ0) is 21.5. The van der Waals surface area contributed by atoms with Crippen molar-refractivity contribution < 1.29 is 0 Å². The molecule has 5 rings (SSSR count). The van der Waals surface area contributed by atoms with Crippen molar-refractivity contribution in [3.05, 3.63) is 70.6 Å². The van der Waals surface area contributed by atoms with Gasteiger partial charge in [-0.15, -0.1) is 16.9 Å². The van der Waals surface area contributed by atoms with Crippen LogP contribution in [-0.4, -0.2) is 30.4 Å². The van der Waals surface area contributed by atoms with Crippen molar-refractivity contribution in [2.75, 3.05) is 6.26 Å². The van der Waals surface area contributed by atoms with E-state index < -0.39 is 0 Å². The van der Waals surface area contributed by atoms with E-state index in [4.69, 9.17) is 9.97 Å². The third-order valence-electron chi connectivity index (χ3n) is 5.13. The number of imidazole rings is 1. The third kappa shape index (κ3) is 3.14. The Balaban J connectivity index is 1.73. The van der Waals surface area contributed by atoms with Crippen molar-refractivity contribution in [1.82, 2.24) is 24.1 Å². The molecule has 2 aromatic carbocycles. The van der Waals surface area contributed by atoms with E-state index in [0.717, 1.165) is 27.4 Å². The van der Waals surface area contributed by atoms with Gasteiger partial charge in [-0.2, -0.15) is 9.63 Å². The van der Waals surface area contributed by atoms with Gasteiger partial charge in [-0.05, 0) is 37.4 Å². The number of azo groups is 1. The van der Waals surface area contributed by atoms with Crippen LogP contribution in [-0.2, 0) is 7.05 Å². The number of aromatic amines is 1. The van der Waals surface area contributed by atoms with E-state index in [-0.39, 0.29) is 11.2 Å². The van der Waals surface area contributed by atoms with E-state index in [1.165, 1.54) is 16.3 Å². The molecule has 0 atom stereocenters. The fourth-order valence-electron chi connectivity index (χ4n) is 3.58. The van der Waals surface area contributed by atoms with E-state index in [0.29, 0.717) is 17.0 Å². The zero-order valence-corrected chi connectivity index (χ0v) is 18.0. The van der Waals surface area contributed by atoms with E-state index >= 15 is 0 Å². The molecule has 0 spiro atoms. The molecule has 0 fully saturated rings. The van der Waals surface area contributed by atoms with Crippen molar-refractivity contribution in [2.45, 2.75) is 11.9 Å². The molecule has 0 amide bonds. The molecule has 3 heterocycles. The van der Waals surface area contributed by atoms with Gasteiger partial charge in [-0.25, -0.2) is 9.97 Å². The van der Waals surface area contributed by atoms with Crippen LogP contribution in [0.3, 0.4) is 0 Å². The number of nitrogens with one attached hydrogen (secondary N) is 1. The number of hydrogen-bond acceptors (Lipinski definition) is 6. The van der Waals surface area contributed by atoms with Crippen LogP contribution >= 0.6 is 11.8 Å². The minimum Gasteiger partial charge on any atom is -0.327 e. The van der Waals surface area contributed by atoms with Gasteiger partial charge in [0.1, 0.15) is 10.9 Å². The number of aryl methyl sites for hydroxylation is 2. The highest BCUT2D eigenvalue weighted by atomic mass is 32.2. The summed E-state index contributed by atoms with van der Waals surface area (Å²) in [6.07, 6.45) is 1.95. The number of hydrogen-bond donors (Lipinski definition) is 1. The first-order valence-electron chi connectivity index (χ1n) is 9.66. The van der Waals surface area contributed by atoms with Crippen LogP contribution in [0.1, 0.15) is 5.69 Å². The zero-order valence-electron chi connectivity index (χ0n) is 17.2. The molecule has 154 valence electrons. The van der Waals surface area contributed by atoms with E-state index in [1.54, 1.807) is 6.92 Å². The average Bonchev–Trinajstić information content (AvgIpc) is 3.32. The van der Waals surface area contributed by atoms with Crippen molar-refractivity contribution in [1.29, 1.82) is 0 Å². The van der Waals surface area contributed by atoms with Crippen LogP contribution in [0.4, 0.5) is 11.4 Å². The van der Waals surface area contributed by atoms with Crippen molar-refractivity contribution in [2.24, 2.45) is 17.3 Å². The minimum atomic E-state index is -0.303. The molecule has 9 heteroatoms. The van der Waals surface area contributed by atoms with Crippen molar-refractivity contribution >= 4 is 39.8 Å². The van der Waals surface area contributed by atoms with Gasteiger partial charge in [0, 0.05) is 7.05 Å². The molecule has 0 aliphatic carbocycles. The highest BCUT2D eigenvalue weighted by Crippen LogP contribution is 2.34. The van der Waals surface area contributed by atoms with Crippen LogP contribution < -0.4 is 5.56 Å². The second kappa shape index (κ2) is 7.51. The summed E-state index contributed by atoms with van der Waals surface area (Å²) in [6, 6.07) is 17.2. The Morgan fingerprint density at radius 1 is 1.00 bits per heavy atom. The number of nitrogens with zero attached hydrogens (tertiary/aromatic N) is 6. The Morgan fingerprint density at radius 3 is 2.48 bits per heavy atom. The van der Waals surface area contributed by atoms with Crippen LogP contribution in [0.2, 0.25) is 0 Å². The largest absolute Gasteiger partial charge is 0.327 e. The number of thioether (sulfide) groups is 1. The lowest BCUT2D eigenvalue weighted by molar-refractivity contribution is 0.847. The van der Waals surface area contributed by atoms with Gasteiger partial charge in [0.05, 0.1) is 28.0 Å². The van der Waals surface area contributed by atoms with E-state index in [9.17, 15) is 4.79 Å². The number of rotatable bonds is 4. The molecule has 3 aromatic heterocycles. The van der Waals surface area contributed by atoms with Crippen LogP contribution in [0.5, 0.6) is 0 Å². The summed E-state index contributed by atoms with van der Waals surface area (Å²) >= 11 is 1.50. The second-order valence-corrected chi connectivity index (χ2v) is 7.87. The Kier molecular flexibility index (Phi) is 4.67. The summed E-state index contributed by atoms with van der Waals surface area (Å²) in [5, 5.41) is 12.4. The lowest BCUT2D eigenvalue weighted by Crippen LogP contribution is -2.16. The number of para-hydroxylation sites is 2. The first kappa shape index (κ1) is 19.3. The Bertz CT molecular complexity index is 1510. The maximum absolute atomic E-state index is 13.2. The molecular weight excluding hydrogens is 410 g/mol. The minimum absolute atomic E-state index is 0.201. The second-order valence-electron chi connectivity index (χ2n) is 7.05. The third-order valence-corrected chi connectivity index (χ3v) is 5.84. The molecule has 0 aliphatic rings. The summed E-state index contributed by atoms with van der Waals surface area (Å²) in [4.78, 5) is 22.8. The Morgan fingerprint density at radius 2 is 1.74 bits per heavy atom. The quantitative estimate of drug-likeness (QED) is 0.321. The van der Waals surface area contributed by atoms with Gasteiger partial charge in [0.25, 0.3) is 0 Å². The SMILES string of the molecule is CSc1[nH]n2c(=O)c(N=Nc3ccccc3)c(C)nc2c1-c1nc2ccccc2n1C. The summed E-state index contributed by atoms with van der Waals surface area (Å²) < 4.78 is 3.44. The first-order valence-corrected chi connectivity index (χ1v) is 10.9. The molecule has 0 unspecified atom stereocenters. The maximum atomic E-state index is 13.2. The molecule has 31 heavy (non-hydrogen) atoms. The van der Waals surface area contributed by atoms with Crippen molar-refractivity contribution in [3.8, 4) is 11.4 Å². The van der Waals surface area contributed by atoms with Crippen LogP contribution in [0.25, 0.3) is 28.1 Å².